The van der Waals surface area contributed by atoms with Crippen molar-refractivity contribution < 1.29 is 17.9 Å². The summed E-state index contributed by atoms with van der Waals surface area (Å²) in [4.78, 5) is 0.268. The molecule has 0 aromatic heterocycles. The SMILES string of the molecule is COc1ccc(CNS(=O)(=O)c2cc(C)c(OC)cc2C)cc1. The van der Waals surface area contributed by atoms with Crippen LogP contribution in [0.2, 0.25) is 0 Å². The highest BCUT2D eigenvalue weighted by atomic mass is 32.2. The van der Waals surface area contributed by atoms with Gasteiger partial charge in [-0.2, -0.15) is 0 Å². The number of ether oxygens (including phenoxy) is 2. The van der Waals surface area contributed by atoms with E-state index in [9.17, 15) is 8.42 Å². The minimum Gasteiger partial charge on any atom is -0.497 e. The Morgan fingerprint density at radius 2 is 1.61 bits per heavy atom. The van der Waals surface area contributed by atoms with Crippen LogP contribution in [0.4, 0.5) is 0 Å². The van der Waals surface area contributed by atoms with E-state index in [0.717, 1.165) is 16.9 Å². The fraction of sp³-hybridized carbons (Fsp3) is 0.294. The lowest BCUT2D eigenvalue weighted by atomic mass is 10.1. The van der Waals surface area contributed by atoms with Crippen molar-refractivity contribution in [2.45, 2.75) is 25.3 Å². The van der Waals surface area contributed by atoms with Gasteiger partial charge in [-0.15, -0.1) is 0 Å². The molecular formula is C17H21NO4S. The summed E-state index contributed by atoms with van der Waals surface area (Å²) in [5.41, 5.74) is 2.29. The van der Waals surface area contributed by atoms with E-state index in [0.29, 0.717) is 11.3 Å². The van der Waals surface area contributed by atoms with Gasteiger partial charge in [0.15, 0.2) is 0 Å². The van der Waals surface area contributed by atoms with E-state index in [4.69, 9.17) is 9.47 Å². The van der Waals surface area contributed by atoms with Crippen molar-refractivity contribution in [3.8, 4) is 11.5 Å². The van der Waals surface area contributed by atoms with Gasteiger partial charge >= 0.3 is 0 Å². The van der Waals surface area contributed by atoms with E-state index in [1.165, 1.54) is 0 Å². The fourth-order valence-corrected chi connectivity index (χ4v) is 3.60. The van der Waals surface area contributed by atoms with E-state index in [2.05, 4.69) is 4.72 Å². The van der Waals surface area contributed by atoms with E-state index in [1.54, 1.807) is 45.4 Å². The molecule has 2 rings (SSSR count). The zero-order valence-corrected chi connectivity index (χ0v) is 14.5. The first kappa shape index (κ1) is 17.3. The Hall–Kier alpha value is -2.05. The average molecular weight is 335 g/mol. The first-order chi connectivity index (χ1) is 10.9. The highest BCUT2D eigenvalue weighted by molar-refractivity contribution is 7.89. The summed E-state index contributed by atoms with van der Waals surface area (Å²) in [5, 5.41) is 0. The smallest absolute Gasteiger partial charge is 0.241 e. The van der Waals surface area contributed by atoms with Crippen LogP contribution in [0.5, 0.6) is 11.5 Å². The zero-order chi connectivity index (χ0) is 17.0. The predicted molar refractivity (Wildman–Crippen MR) is 89.5 cm³/mol. The molecular weight excluding hydrogens is 314 g/mol. The van der Waals surface area contributed by atoms with Crippen LogP contribution < -0.4 is 14.2 Å². The van der Waals surface area contributed by atoms with Crippen LogP contribution in [0.15, 0.2) is 41.3 Å². The lowest BCUT2D eigenvalue weighted by Gasteiger charge is -2.13. The first-order valence-corrected chi connectivity index (χ1v) is 8.63. The van der Waals surface area contributed by atoms with Crippen molar-refractivity contribution in [1.82, 2.24) is 4.72 Å². The first-order valence-electron chi connectivity index (χ1n) is 7.15. The Kier molecular flexibility index (Phi) is 5.28. The van der Waals surface area contributed by atoms with Crippen molar-refractivity contribution in [2.24, 2.45) is 0 Å². The van der Waals surface area contributed by atoms with Crippen molar-refractivity contribution in [1.29, 1.82) is 0 Å². The Labute approximate surface area is 137 Å². The predicted octanol–water partition coefficient (Wildman–Crippen LogP) is 2.80. The summed E-state index contributed by atoms with van der Waals surface area (Å²) < 4.78 is 38.0. The van der Waals surface area contributed by atoms with Crippen molar-refractivity contribution >= 4 is 10.0 Å². The van der Waals surface area contributed by atoms with Crippen LogP contribution in [0.3, 0.4) is 0 Å². The van der Waals surface area contributed by atoms with Crippen LogP contribution in [0.25, 0.3) is 0 Å². The van der Waals surface area contributed by atoms with Gasteiger partial charge in [-0.05, 0) is 54.8 Å². The molecule has 0 aliphatic carbocycles. The van der Waals surface area contributed by atoms with Gasteiger partial charge in [-0.25, -0.2) is 13.1 Å². The Morgan fingerprint density at radius 1 is 0.957 bits per heavy atom. The second-order valence-electron chi connectivity index (χ2n) is 5.26. The summed E-state index contributed by atoms with van der Waals surface area (Å²) in [5.74, 6) is 1.41. The van der Waals surface area contributed by atoms with Crippen LogP contribution >= 0.6 is 0 Å². The molecule has 0 heterocycles. The van der Waals surface area contributed by atoms with Gasteiger partial charge in [0.1, 0.15) is 11.5 Å². The van der Waals surface area contributed by atoms with Gasteiger partial charge in [-0.1, -0.05) is 12.1 Å². The fourth-order valence-electron chi connectivity index (χ4n) is 2.27. The summed E-state index contributed by atoms with van der Waals surface area (Å²) >= 11 is 0. The van der Waals surface area contributed by atoms with Crippen LogP contribution in [0.1, 0.15) is 16.7 Å². The summed E-state index contributed by atoms with van der Waals surface area (Å²) in [6, 6.07) is 10.6. The maximum Gasteiger partial charge on any atom is 0.241 e. The molecule has 0 atom stereocenters. The molecule has 0 aliphatic rings. The minimum atomic E-state index is -3.59. The molecule has 0 unspecified atom stereocenters. The molecule has 0 bridgehead atoms. The number of sulfonamides is 1. The zero-order valence-electron chi connectivity index (χ0n) is 13.7. The lowest BCUT2D eigenvalue weighted by molar-refractivity contribution is 0.411. The van der Waals surface area contributed by atoms with Crippen molar-refractivity contribution in [3.63, 3.8) is 0 Å². The highest BCUT2D eigenvalue weighted by Crippen LogP contribution is 2.25. The topological polar surface area (TPSA) is 64.6 Å². The van der Waals surface area contributed by atoms with Crippen LogP contribution in [-0.2, 0) is 16.6 Å². The quantitative estimate of drug-likeness (QED) is 0.882. The Bertz CT molecular complexity index is 783. The molecule has 23 heavy (non-hydrogen) atoms. The number of benzene rings is 2. The molecule has 0 radical (unpaired) electrons. The largest absolute Gasteiger partial charge is 0.497 e. The van der Waals surface area contributed by atoms with E-state index >= 15 is 0 Å². The monoisotopic (exact) mass is 335 g/mol. The normalized spacial score (nSPS) is 11.3. The number of hydrogen-bond donors (Lipinski definition) is 1. The van der Waals surface area contributed by atoms with Crippen LogP contribution in [-0.4, -0.2) is 22.6 Å². The molecule has 0 saturated carbocycles. The second kappa shape index (κ2) is 7.02. The van der Waals surface area contributed by atoms with Gasteiger partial charge in [0.05, 0.1) is 19.1 Å². The van der Waals surface area contributed by atoms with Gasteiger partial charge in [0.2, 0.25) is 10.0 Å². The third-order valence-corrected chi connectivity index (χ3v) is 5.15. The van der Waals surface area contributed by atoms with Crippen LogP contribution in [0, 0.1) is 13.8 Å². The number of methoxy groups -OCH3 is 2. The molecule has 0 saturated heterocycles. The van der Waals surface area contributed by atoms with Crippen molar-refractivity contribution in [2.75, 3.05) is 14.2 Å². The van der Waals surface area contributed by atoms with E-state index in [-0.39, 0.29) is 11.4 Å². The molecule has 0 aliphatic heterocycles. The molecule has 0 fully saturated rings. The van der Waals surface area contributed by atoms with Gasteiger partial charge in [0, 0.05) is 6.54 Å². The van der Waals surface area contributed by atoms with Crippen molar-refractivity contribution in [3.05, 3.63) is 53.1 Å². The molecule has 0 amide bonds. The summed E-state index contributed by atoms with van der Waals surface area (Å²) in [6.45, 7) is 3.79. The number of aryl methyl sites for hydroxylation is 2. The third-order valence-electron chi connectivity index (χ3n) is 3.61. The average Bonchev–Trinajstić information content (AvgIpc) is 2.55. The van der Waals surface area contributed by atoms with Gasteiger partial charge in [-0.3, -0.25) is 0 Å². The van der Waals surface area contributed by atoms with E-state index < -0.39 is 10.0 Å². The lowest BCUT2D eigenvalue weighted by Crippen LogP contribution is -2.24. The minimum absolute atomic E-state index is 0.219. The maximum atomic E-state index is 12.5. The Morgan fingerprint density at radius 3 is 2.17 bits per heavy atom. The highest BCUT2D eigenvalue weighted by Gasteiger charge is 2.18. The molecule has 2 aromatic carbocycles. The third kappa shape index (κ3) is 4.03. The molecule has 124 valence electrons. The van der Waals surface area contributed by atoms with Gasteiger partial charge in [0.25, 0.3) is 0 Å². The molecule has 0 spiro atoms. The number of nitrogens with one attached hydrogen (secondary N) is 1. The molecule has 5 nitrogen and oxygen atoms in total. The molecule has 2 aromatic rings. The Balaban J connectivity index is 2.20. The number of hydrogen-bond acceptors (Lipinski definition) is 4. The number of rotatable bonds is 6. The molecule has 1 N–H and O–H groups in total. The maximum absolute atomic E-state index is 12.5. The summed E-state index contributed by atoms with van der Waals surface area (Å²) in [7, 11) is -0.432. The second-order valence-corrected chi connectivity index (χ2v) is 7.00. The standard InChI is InChI=1S/C17H21NO4S/c1-12-10-17(13(2)9-16(12)22-4)23(19,20)18-11-14-5-7-15(21-3)8-6-14/h5-10,18H,11H2,1-4H3. The van der Waals surface area contributed by atoms with E-state index in [1.807, 2.05) is 19.1 Å². The molecule has 6 heteroatoms. The van der Waals surface area contributed by atoms with Gasteiger partial charge < -0.3 is 9.47 Å². The summed E-state index contributed by atoms with van der Waals surface area (Å²) in [6.07, 6.45) is 0.